The van der Waals surface area contributed by atoms with Crippen molar-refractivity contribution < 1.29 is 14.4 Å². The van der Waals surface area contributed by atoms with Crippen molar-refractivity contribution in [3.63, 3.8) is 0 Å². The van der Waals surface area contributed by atoms with Crippen LogP contribution < -0.4 is 5.32 Å². The zero-order chi connectivity index (χ0) is 17.8. The summed E-state index contributed by atoms with van der Waals surface area (Å²) in [7, 11) is 2.03. The average molecular weight is 344 g/mol. The summed E-state index contributed by atoms with van der Waals surface area (Å²) in [5.41, 5.74) is 2.87. The molecule has 0 radical (unpaired) electrons. The van der Waals surface area contributed by atoms with E-state index in [2.05, 4.69) is 15.4 Å². The molecule has 2 heterocycles. The van der Waals surface area contributed by atoms with Gasteiger partial charge in [-0.3, -0.25) is 9.59 Å². The molecule has 3 rings (SSSR count). The van der Waals surface area contributed by atoms with Crippen molar-refractivity contribution >= 4 is 17.5 Å². The van der Waals surface area contributed by atoms with E-state index in [0.717, 1.165) is 24.4 Å². The number of rotatable bonds is 4. The third kappa shape index (κ3) is 4.36. The molecule has 7 nitrogen and oxygen atoms in total. The molecule has 2 aliphatic heterocycles. The van der Waals surface area contributed by atoms with Gasteiger partial charge in [-0.15, -0.1) is 0 Å². The van der Waals surface area contributed by atoms with Gasteiger partial charge < -0.3 is 20.0 Å². The maximum Gasteiger partial charge on any atom is 0.264 e. The minimum absolute atomic E-state index is 0.00225. The summed E-state index contributed by atoms with van der Waals surface area (Å²) < 4.78 is 0. The van der Waals surface area contributed by atoms with Gasteiger partial charge in [0.1, 0.15) is 0 Å². The molecule has 1 unspecified atom stereocenters. The first kappa shape index (κ1) is 17.4. The number of piperazine rings is 1. The van der Waals surface area contributed by atoms with Crippen LogP contribution in [0.2, 0.25) is 0 Å². The van der Waals surface area contributed by atoms with Crippen LogP contribution in [0.4, 0.5) is 0 Å². The van der Waals surface area contributed by atoms with E-state index in [1.807, 2.05) is 38.2 Å². The fourth-order valence-electron chi connectivity index (χ4n) is 2.88. The molecule has 0 aliphatic carbocycles. The zero-order valence-corrected chi connectivity index (χ0v) is 14.7. The lowest BCUT2D eigenvalue weighted by atomic mass is 10.0. The third-order valence-corrected chi connectivity index (χ3v) is 4.62. The smallest absolute Gasteiger partial charge is 0.264 e. The van der Waals surface area contributed by atoms with Gasteiger partial charge in [0.2, 0.25) is 12.0 Å². The summed E-state index contributed by atoms with van der Waals surface area (Å²) in [5, 5.41) is 6.69. The Morgan fingerprint density at radius 1 is 1.20 bits per heavy atom. The normalized spacial score (nSPS) is 20.8. The van der Waals surface area contributed by atoms with Crippen LogP contribution in [0.1, 0.15) is 17.5 Å². The number of oxime groups is 1. The highest BCUT2D eigenvalue weighted by Gasteiger charge is 2.29. The molecule has 1 aromatic carbocycles. The van der Waals surface area contributed by atoms with Crippen molar-refractivity contribution in [2.45, 2.75) is 19.4 Å². The van der Waals surface area contributed by atoms with Gasteiger partial charge >= 0.3 is 0 Å². The molecule has 0 aromatic heterocycles. The highest BCUT2D eigenvalue weighted by Crippen LogP contribution is 2.17. The Balaban J connectivity index is 1.45. The van der Waals surface area contributed by atoms with Gasteiger partial charge in [0.25, 0.3) is 5.91 Å². The summed E-state index contributed by atoms with van der Waals surface area (Å²) in [6.07, 6.45) is -0.256. The third-order valence-electron chi connectivity index (χ3n) is 4.62. The number of likely N-dealkylation sites (N-methyl/N-ethyl adjacent to an activating group) is 1. The molecule has 2 aliphatic rings. The SMILES string of the molecule is Cc1ccc(C2=NOC(C(=O)NCC(=O)N3CCN(C)CC3)C2)cc1. The lowest BCUT2D eigenvalue weighted by molar-refractivity contribution is -0.137. The van der Waals surface area contributed by atoms with Crippen LogP contribution in [0.3, 0.4) is 0 Å². The molecule has 0 spiro atoms. The van der Waals surface area contributed by atoms with E-state index < -0.39 is 6.10 Å². The zero-order valence-electron chi connectivity index (χ0n) is 14.7. The number of nitrogens with zero attached hydrogens (tertiary/aromatic N) is 3. The predicted octanol–water partition coefficient (Wildman–Crippen LogP) is 0.378. The van der Waals surface area contributed by atoms with Crippen molar-refractivity contribution in [3.05, 3.63) is 35.4 Å². The maximum absolute atomic E-state index is 12.2. The summed E-state index contributed by atoms with van der Waals surface area (Å²) in [5.74, 6) is -0.354. The highest BCUT2D eigenvalue weighted by molar-refractivity contribution is 6.04. The molecule has 7 heteroatoms. The number of carbonyl (C=O) groups is 2. The maximum atomic E-state index is 12.2. The Morgan fingerprint density at radius 3 is 2.56 bits per heavy atom. The Kier molecular flexibility index (Phi) is 5.33. The molecule has 1 atom stereocenters. The summed E-state index contributed by atoms with van der Waals surface area (Å²) in [6, 6.07) is 7.93. The van der Waals surface area contributed by atoms with Crippen molar-refractivity contribution in [1.29, 1.82) is 0 Å². The Morgan fingerprint density at radius 2 is 1.88 bits per heavy atom. The van der Waals surface area contributed by atoms with E-state index in [-0.39, 0.29) is 18.4 Å². The van der Waals surface area contributed by atoms with Gasteiger partial charge in [-0.25, -0.2) is 0 Å². The molecule has 0 bridgehead atoms. The minimum atomic E-state index is -0.670. The Bertz CT molecular complexity index is 663. The van der Waals surface area contributed by atoms with Crippen LogP contribution in [-0.2, 0) is 14.4 Å². The topological polar surface area (TPSA) is 74.2 Å². The van der Waals surface area contributed by atoms with E-state index in [1.54, 1.807) is 4.90 Å². The van der Waals surface area contributed by atoms with Gasteiger partial charge in [0.15, 0.2) is 0 Å². The van der Waals surface area contributed by atoms with Gasteiger partial charge in [-0.1, -0.05) is 35.0 Å². The fourth-order valence-corrected chi connectivity index (χ4v) is 2.88. The number of hydrogen-bond acceptors (Lipinski definition) is 5. The van der Waals surface area contributed by atoms with Crippen molar-refractivity contribution in [3.8, 4) is 0 Å². The first-order valence-electron chi connectivity index (χ1n) is 8.56. The molecule has 2 amide bonds. The van der Waals surface area contributed by atoms with E-state index in [1.165, 1.54) is 5.56 Å². The highest BCUT2D eigenvalue weighted by atomic mass is 16.6. The second kappa shape index (κ2) is 7.65. The average Bonchev–Trinajstić information content (AvgIpc) is 3.11. The van der Waals surface area contributed by atoms with Crippen LogP contribution in [0, 0.1) is 6.92 Å². The monoisotopic (exact) mass is 344 g/mol. The van der Waals surface area contributed by atoms with E-state index in [4.69, 9.17) is 4.84 Å². The Labute approximate surface area is 147 Å². The van der Waals surface area contributed by atoms with Crippen molar-refractivity contribution in [2.75, 3.05) is 39.8 Å². The van der Waals surface area contributed by atoms with Gasteiger partial charge in [0.05, 0.1) is 12.3 Å². The van der Waals surface area contributed by atoms with Crippen LogP contribution in [-0.4, -0.2) is 73.2 Å². The van der Waals surface area contributed by atoms with Gasteiger partial charge in [-0.05, 0) is 19.5 Å². The number of aryl methyl sites for hydroxylation is 1. The van der Waals surface area contributed by atoms with Crippen LogP contribution in [0.5, 0.6) is 0 Å². The minimum Gasteiger partial charge on any atom is -0.382 e. The molecule has 25 heavy (non-hydrogen) atoms. The molecule has 1 N–H and O–H groups in total. The molecule has 134 valence electrons. The standard InChI is InChI=1S/C18H24N4O3/c1-13-3-5-14(6-4-13)15-11-16(25-20-15)18(24)19-12-17(23)22-9-7-21(2)8-10-22/h3-6,16H,7-12H2,1-2H3,(H,19,24). The van der Waals surface area contributed by atoms with Crippen LogP contribution in [0.25, 0.3) is 0 Å². The van der Waals surface area contributed by atoms with Crippen LogP contribution >= 0.6 is 0 Å². The summed E-state index contributed by atoms with van der Waals surface area (Å²) in [4.78, 5) is 33.6. The molecular formula is C18H24N4O3. The molecule has 1 aromatic rings. The molecule has 0 saturated carbocycles. The van der Waals surface area contributed by atoms with E-state index in [9.17, 15) is 9.59 Å². The first-order valence-corrected chi connectivity index (χ1v) is 8.56. The van der Waals surface area contributed by atoms with Gasteiger partial charge in [-0.2, -0.15) is 0 Å². The quantitative estimate of drug-likeness (QED) is 0.857. The first-order chi connectivity index (χ1) is 12.0. The fraction of sp³-hybridized carbons (Fsp3) is 0.500. The second-order valence-corrected chi connectivity index (χ2v) is 6.60. The number of benzene rings is 1. The molecule has 1 fully saturated rings. The largest absolute Gasteiger partial charge is 0.382 e. The van der Waals surface area contributed by atoms with Crippen molar-refractivity contribution in [1.82, 2.24) is 15.1 Å². The summed E-state index contributed by atoms with van der Waals surface area (Å²) in [6.45, 7) is 5.14. The van der Waals surface area contributed by atoms with E-state index in [0.29, 0.717) is 19.5 Å². The lowest BCUT2D eigenvalue weighted by Crippen LogP contribution is -2.50. The summed E-state index contributed by atoms with van der Waals surface area (Å²) >= 11 is 0. The molecular weight excluding hydrogens is 320 g/mol. The second-order valence-electron chi connectivity index (χ2n) is 6.60. The van der Waals surface area contributed by atoms with Crippen LogP contribution in [0.15, 0.2) is 29.4 Å². The van der Waals surface area contributed by atoms with Gasteiger partial charge in [0, 0.05) is 32.6 Å². The number of nitrogens with one attached hydrogen (secondary N) is 1. The molecule has 1 saturated heterocycles. The number of amides is 2. The number of hydrogen-bond donors (Lipinski definition) is 1. The predicted molar refractivity (Wildman–Crippen MR) is 94.3 cm³/mol. The van der Waals surface area contributed by atoms with Crippen molar-refractivity contribution in [2.24, 2.45) is 5.16 Å². The van der Waals surface area contributed by atoms with E-state index >= 15 is 0 Å². The lowest BCUT2D eigenvalue weighted by Gasteiger charge is -2.32. The Hall–Kier alpha value is -2.41. The number of carbonyl (C=O) groups excluding carboxylic acids is 2.